The second-order valence-corrected chi connectivity index (χ2v) is 2.23. The molecule has 0 radical (unpaired) electrons. The lowest BCUT2D eigenvalue weighted by Gasteiger charge is -1.99. The van der Waals surface area contributed by atoms with Gasteiger partial charge in [-0.1, -0.05) is 0 Å². The number of aromatic nitrogens is 1. The smallest absolute Gasteiger partial charge is 0.269 e. The standard InChI is InChI=1S/C7H4F3NO2/c8-4-1-3(6(9)10)7(13)11-5(4)2-12/h1-2,6H,(H,11,13). The monoisotopic (exact) mass is 191 g/mol. The number of aromatic amines is 1. The van der Waals surface area contributed by atoms with E-state index in [1.807, 2.05) is 0 Å². The number of halogens is 3. The fraction of sp³-hybridized carbons (Fsp3) is 0.143. The third kappa shape index (κ3) is 1.77. The van der Waals surface area contributed by atoms with Crippen molar-refractivity contribution in [2.75, 3.05) is 0 Å². The minimum Gasteiger partial charge on any atom is -0.317 e. The van der Waals surface area contributed by atoms with Gasteiger partial charge in [0.15, 0.2) is 12.1 Å². The van der Waals surface area contributed by atoms with Crippen LogP contribution in [0.5, 0.6) is 0 Å². The second kappa shape index (κ2) is 3.42. The van der Waals surface area contributed by atoms with Gasteiger partial charge >= 0.3 is 0 Å². The fourth-order valence-corrected chi connectivity index (χ4v) is 0.782. The highest BCUT2D eigenvalue weighted by Gasteiger charge is 2.15. The number of nitrogens with one attached hydrogen (secondary N) is 1. The quantitative estimate of drug-likeness (QED) is 0.715. The number of pyridine rings is 1. The zero-order valence-corrected chi connectivity index (χ0v) is 6.18. The highest BCUT2D eigenvalue weighted by atomic mass is 19.3. The van der Waals surface area contributed by atoms with E-state index in [0.717, 1.165) is 0 Å². The van der Waals surface area contributed by atoms with Crippen molar-refractivity contribution in [1.29, 1.82) is 0 Å². The molecule has 0 unspecified atom stereocenters. The van der Waals surface area contributed by atoms with Crippen LogP contribution in [-0.4, -0.2) is 11.3 Å². The van der Waals surface area contributed by atoms with E-state index in [4.69, 9.17) is 0 Å². The number of hydrogen-bond acceptors (Lipinski definition) is 2. The molecule has 70 valence electrons. The third-order valence-corrected chi connectivity index (χ3v) is 1.40. The predicted octanol–water partition coefficient (Wildman–Crippen LogP) is 1.26. The SMILES string of the molecule is O=Cc1[nH]c(=O)c(C(F)F)cc1F. The van der Waals surface area contributed by atoms with E-state index in [-0.39, 0.29) is 6.29 Å². The lowest BCUT2D eigenvalue weighted by Crippen LogP contribution is -2.16. The number of carbonyl (C=O) groups excluding carboxylic acids is 1. The van der Waals surface area contributed by atoms with Crippen LogP contribution < -0.4 is 5.56 Å². The van der Waals surface area contributed by atoms with Crippen LogP contribution in [-0.2, 0) is 0 Å². The van der Waals surface area contributed by atoms with Gasteiger partial charge in [-0.25, -0.2) is 13.2 Å². The van der Waals surface area contributed by atoms with Crippen LogP contribution in [0, 0.1) is 5.82 Å². The Bertz CT molecular complexity index is 386. The number of rotatable bonds is 2. The molecule has 6 heteroatoms. The van der Waals surface area contributed by atoms with Crippen molar-refractivity contribution < 1.29 is 18.0 Å². The maximum Gasteiger partial charge on any atom is 0.269 e. The molecule has 1 aromatic heterocycles. The topological polar surface area (TPSA) is 49.9 Å². The summed E-state index contributed by atoms with van der Waals surface area (Å²) in [6.45, 7) is 0. The van der Waals surface area contributed by atoms with Gasteiger partial charge in [-0.2, -0.15) is 0 Å². The Morgan fingerprint density at radius 3 is 2.54 bits per heavy atom. The van der Waals surface area contributed by atoms with Gasteiger partial charge in [-0.3, -0.25) is 9.59 Å². The summed E-state index contributed by atoms with van der Waals surface area (Å²) in [5.74, 6) is -1.16. The van der Waals surface area contributed by atoms with E-state index in [1.165, 1.54) is 0 Å². The summed E-state index contributed by atoms with van der Waals surface area (Å²) in [6.07, 6.45) is -3.01. The largest absolute Gasteiger partial charge is 0.317 e. The van der Waals surface area contributed by atoms with Gasteiger partial charge < -0.3 is 4.98 Å². The fourth-order valence-electron chi connectivity index (χ4n) is 0.782. The molecule has 1 N–H and O–H groups in total. The Kier molecular flexibility index (Phi) is 2.50. The molecule has 0 bridgehead atoms. The van der Waals surface area contributed by atoms with Crippen LogP contribution in [0.2, 0.25) is 0 Å². The first-order chi connectivity index (χ1) is 6.06. The molecule has 0 aliphatic heterocycles. The molecule has 0 atom stereocenters. The summed E-state index contributed by atoms with van der Waals surface area (Å²) in [7, 11) is 0. The Balaban J connectivity index is 3.37. The molecule has 1 rings (SSSR count). The Morgan fingerprint density at radius 1 is 1.46 bits per heavy atom. The molecule has 0 spiro atoms. The van der Waals surface area contributed by atoms with Crippen LogP contribution in [0.1, 0.15) is 22.5 Å². The average molecular weight is 191 g/mol. The summed E-state index contributed by atoms with van der Waals surface area (Å²) in [5, 5.41) is 0. The second-order valence-electron chi connectivity index (χ2n) is 2.23. The van der Waals surface area contributed by atoms with E-state index >= 15 is 0 Å². The van der Waals surface area contributed by atoms with Gasteiger partial charge in [0.2, 0.25) is 0 Å². The molecule has 0 saturated heterocycles. The average Bonchev–Trinajstić information content (AvgIpc) is 2.07. The van der Waals surface area contributed by atoms with Crippen LogP contribution in [0.15, 0.2) is 10.9 Å². The van der Waals surface area contributed by atoms with E-state index < -0.39 is 29.1 Å². The third-order valence-electron chi connectivity index (χ3n) is 1.40. The van der Waals surface area contributed by atoms with Gasteiger partial charge in [-0.15, -0.1) is 0 Å². The number of aldehydes is 1. The van der Waals surface area contributed by atoms with Gasteiger partial charge in [-0.05, 0) is 6.07 Å². The lowest BCUT2D eigenvalue weighted by molar-refractivity contribution is 0.111. The minimum absolute atomic E-state index is 0.0476. The summed E-state index contributed by atoms with van der Waals surface area (Å²) in [6, 6.07) is 0.354. The molecular weight excluding hydrogens is 187 g/mol. The number of carbonyl (C=O) groups is 1. The van der Waals surface area contributed by atoms with Crippen molar-refractivity contribution in [1.82, 2.24) is 4.98 Å². The van der Waals surface area contributed by atoms with E-state index in [2.05, 4.69) is 0 Å². The van der Waals surface area contributed by atoms with Gasteiger partial charge in [0.1, 0.15) is 5.69 Å². The van der Waals surface area contributed by atoms with E-state index in [9.17, 15) is 22.8 Å². The Morgan fingerprint density at radius 2 is 2.08 bits per heavy atom. The highest BCUT2D eigenvalue weighted by Crippen LogP contribution is 2.15. The summed E-state index contributed by atoms with van der Waals surface area (Å²) in [4.78, 5) is 22.5. The van der Waals surface area contributed by atoms with Crippen LogP contribution >= 0.6 is 0 Å². The van der Waals surface area contributed by atoms with Gasteiger partial charge in [0.25, 0.3) is 12.0 Å². The van der Waals surface area contributed by atoms with Crippen molar-refractivity contribution in [3.8, 4) is 0 Å². The Hall–Kier alpha value is -1.59. The Labute approximate surface area is 70.2 Å². The summed E-state index contributed by atoms with van der Waals surface area (Å²) in [5.41, 5.74) is -2.77. The van der Waals surface area contributed by atoms with Crippen molar-refractivity contribution in [2.24, 2.45) is 0 Å². The van der Waals surface area contributed by atoms with Crippen molar-refractivity contribution in [3.63, 3.8) is 0 Å². The lowest BCUT2D eigenvalue weighted by atomic mass is 10.2. The van der Waals surface area contributed by atoms with Gasteiger partial charge in [0, 0.05) is 0 Å². The number of hydrogen-bond donors (Lipinski definition) is 1. The first-order valence-electron chi connectivity index (χ1n) is 3.22. The first-order valence-corrected chi connectivity index (χ1v) is 3.22. The first kappa shape index (κ1) is 9.50. The molecular formula is C7H4F3NO2. The van der Waals surface area contributed by atoms with Crippen molar-refractivity contribution in [2.45, 2.75) is 6.43 Å². The molecule has 0 amide bonds. The maximum atomic E-state index is 12.7. The van der Waals surface area contributed by atoms with E-state index in [0.29, 0.717) is 6.07 Å². The van der Waals surface area contributed by atoms with Crippen molar-refractivity contribution in [3.05, 3.63) is 33.5 Å². The van der Waals surface area contributed by atoms with E-state index in [1.54, 1.807) is 4.98 Å². The van der Waals surface area contributed by atoms with Crippen LogP contribution in [0.3, 0.4) is 0 Å². The predicted molar refractivity (Wildman–Crippen MR) is 37.4 cm³/mol. The molecule has 0 aliphatic carbocycles. The highest BCUT2D eigenvalue weighted by molar-refractivity contribution is 5.71. The zero-order chi connectivity index (χ0) is 10.0. The number of H-pyrrole nitrogens is 1. The molecule has 1 heterocycles. The minimum atomic E-state index is -3.06. The molecule has 0 saturated carbocycles. The molecule has 0 fully saturated rings. The normalized spacial score (nSPS) is 10.5. The molecule has 3 nitrogen and oxygen atoms in total. The molecule has 13 heavy (non-hydrogen) atoms. The summed E-state index contributed by atoms with van der Waals surface area (Å²) >= 11 is 0. The summed E-state index contributed by atoms with van der Waals surface area (Å²) < 4.78 is 36.6. The molecule has 0 aliphatic rings. The van der Waals surface area contributed by atoms with Crippen LogP contribution in [0.25, 0.3) is 0 Å². The van der Waals surface area contributed by atoms with Crippen molar-refractivity contribution >= 4 is 6.29 Å². The maximum absolute atomic E-state index is 12.7. The number of alkyl halides is 2. The zero-order valence-electron chi connectivity index (χ0n) is 6.18. The molecule has 1 aromatic rings. The van der Waals surface area contributed by atoms with Gasteiger partial charge in [0.05, 0.1) is 5.56 Å². The molecule has 0 aromatic carbocycles. The van der Waals surface area contributed by atoms with Crippen LogP contribution in [0.4, 0.5) is 13.2 Å².